The lowest BCUT2D eigenvalue weighted by Gasteiger charge is -2.23. The van der Waals surface area contributed by atoms with Gasteiger partial charge < -0.3 is 9.32 Å². The molecule has 6 nitrogen and oxygen atoms in total. The Hall–Kier alpha value is -3.32. The van der Waals surface area contributed by atoms with Gasteiger partial charge in [-0.05, 0) is 49.7 Å². The Morgan fingerprint density at radius 2 is 1.87 bits per heavy atom. The first-order chi connectivity index (χ1) is 15.1. The van der Waals surface area contributed by atoms with Crippen molar-refractivity contribution in [3.8, 4) is 0 Å². The standard InChI is InChI=1S/C24H23N3O3S/c1-3-26(21-13-7-4-9-17(21)2)22(28)16-31-24-25-20-12-6-5-11-19(20)23(29)27(24)15-18-10-8-14-30-18/h4-14H,3,15-16H2,1-2H3. The molecular weight excluding hydrogens is 410 g/mol. The van der Waals surface area contributed by atoms with Gasteiger partial charge in [0.05, 0.1) is 29.5 Å². The monoisotopic (exact) mass is 433 g/mol. The molecule has 0 atom stereocenters. The van der Waals surface area contributed by atoms with E-state index in [2.05, 4.69) is 4.98 Å². The molecule has 0 N–H and O–H groups in total. The number of thioether (sulfide) groups is 1. The van der Waals surface area contributed by atoms with Gasteiger partial charge >= 0.3 is 0 Å². The third-order valence-electron chi connectivity index (χ3n) is 5.07. The molecule has 0 aliphatic rings. The molecule has 0 aliphatic heterocycles. The molecule has 0 fully saturated rings. The predicted molar refractivity (Wildman–Crippen MR) is 124 cm³/mol. The molecule has 4 rings (SSSR count). The van der Waals surface area contributed by atoms with E-state index in [9.17, 15) is 9.59 Å². The summed E-state index contributed by atoms with van der Waals surface area (Å²) in [6.07, 6.45) is 1.58. The highest BCUT2D eigenvalue weighted by atomic mass is 32.2. The van der Waals surface area contributed by atoms with E-state index in [1.165, 1.54) is 11.8 Å². The molecule has 31 heavy (non-hydrogen) atoms. The fourth-order valence-electron chi connectivity index (χ4n) is 3.51. The van der Waals surface area contributed by atoms with E-state index in [1.54, 1.807) is 27.9 Å². The minimum Gasteiger partial charge on any atom is -0.467 e. The summed E-state index contributed by atoms with van der Waals surface area (Å²) in [6, 6.07) is 18.7. The molecule has 1 amide bonds. The molecule has 4 aromatic rings. The first-order valence-electron chi connectivity index (χ1n) is 10.1. The normalized spacial score (nSPS) is 11.0. The van der Waals surface area contributed by atoms with Crippen LogP contribution < -0.4 is 10.5 Å². The van der Waals surface area contributed by atoms with Crippen molar-refractivity contribution in [3.63, 3.8) is 0 Å². The number of hydrogen-bond acceptors (Lipinski definition) is 5. The number of carbonyl (C=O) groups excluding carboxylic acids is 1. The Morgan fingerprint density at radius 1 is 1.10 bits per heavy atom. The first kappa shape index (κ1) is 20.9. The smallest absolute Gasteiger partial charge is 0.262 e. The zero-order valence-corrected chi connectivity index (χ0v) is 18.3. The number of para-hydroxylation sites is 2. The van der Waals surface area contributed by atoms with Crippen LogP contribution in [-0.4, -0.2) is 27.8 Å². The van der Waals surface area contributed by atoms with Gasteiger partial charge in [0.15, 0.2) is 5.16 Å². The van der Waals surface area contributed by atoms with Crippen molar-refractivity contribution in [2.75, 3.05) is 17.2 Å². The summed E-state index contributed by atoms with van der Waals surface area (Å²) in [7, 11) is 0. The van der Waals surface area contributed by atoms with Crippen LogP contribution >= 0.6 is 11.8 Å². The van der Waals surface area contributed by atoms with Crippen LogP contribution in [0, 0.1) is 6.92 Å². The van der Waals surface area contributed by atoms with Crippen LogP contribution in [0.1, 0.15) is 18.2 Å². The van der Waals surface area contributed by atoms with Gasteiger partial charge in [0.2, 0.25) is 5.91 Å². The summed E-state index contributed by atoms with van der Waals surface area (Å²) in [5.41, 5.74) is 2.41. The predicted octanol–water partition coefficient (Wildman–Crippen LogP) is 4.49. The summed E-state index contributed by atoms with van der Waals surface area (Å²) >= 11 is 1.27. The van der Waals surface area contributed by atoms with Gasteiger partial charge in [0, 0.05) is 12.2 Å². The summed E-state index contributed by atoms with van der Waals surface area (Å²) in [4.78, 5) is 32.6. The van der Waals surface area contributed by atoms with E-state index in [1.807, 2.05) is 62.4 Å². The summed E-state index contributed by atoms with van der Waals surface area (Å²) < 4.78 is 7.01. The SMILES string of the molecule is CCN(C(=O)CSc1nc2ccccc2c(=O)n1Cc1ccco1)c1ccccc1C. The molecule has 2 heterocycles. The second-order valence-electron chi connectivity index (χ2n) is 7.10. The van der Waals surface area contributed by atoms with Crippen molar-refractivity contribution in [1.82, 2.24) is 9.55 Å². The third kappa shape index (κ3) is 4.41. The fourth-order valence-corrected chi connectivity index (χ4v) is 4.38. The van der Waals surface area contributed by atoms with E-state index in [4.69, 9.17) is 4.42 Å². The van der Waals surface area contributed by atoms with Gasteiger partial charge in [-0.3, -0.25) is 14.2 Å². The molecule has 0 spiro atoms. The fraction of sp³-hybridized carbons (Fsp3) is 0.208. The van der Waals surface area contributed by atoms with Crippen LogP contribution in [0.3, 0.4) is 0 Å². The Balaban J connectivity index is 1.65. The number of furan rings is 1. The van der Waals surface area contributed by atoms with Gasteiger partial charge in [-0.1, -0.05) is 42.1 Å². The second kappa shape index (κ2) is 9.22. The van der Waals surface area contributed by atoms with Crippen molar-refractivity contribution in [2.45, 2.75) is 25.5 Å². The number of rotatable bonds is 7. The maximum atomic E-state index is 13.1. The average molecular weight is 434 g/mol. The van der Waals surface area contributed by atoms with Crippen LogP contribution in [0.2, 0.25) is 0 Å². The number of aryl methyl sites for hydroxylation is 1. The number of aromatic nitrogens is 2. The van der Waals surface area contributed by atoms with Crippen LogP contribution in [-0.2, 0) is 11.3 Å². The molecule has 0 saturated heterocycles. The van der Waals surface area contributed by atoms with E-state index in [0.29, 0.717) is 28.4 Å². The highest BCUT2D eigenvalue weighted by Gasteiger charge is 2.19. The number of fused-ring (bicyclic) bond motifs is 1. The largest absolute Gasteiger partial charge is 0.467 e. The van der Waals surface area contributed by atoms with Crippen LogP contribution in [0.15, 0.2) is 81.3 Å². The number of nitrogens with zero attached hydrogens (tertiary/aromatic N) is 3. The third-order valence-corrected chi connectivity index (χ3v) is 6.03. The van der Waals surface area contributed by atoms with Crippen molar-refractivity contribution < 1.29 is 9.21 Å². The minimum absolute atomic E-state index is 0.0336. The molecule has 2 aromatic carbocycles. The van der Waals surface area contributed by atoms with Crippen LogP contribution in [0.5, 0.6) is 0 Å². The molecule has 0 unspecified atom stereocenters. The lowest BCUT2D eigenvalue weighted by Crippen LogP contribution is -2.33. The molecular formula is C24H23N3O3S. The van der Waals surface area contributed by atoms with E-state index in [0.717, 1.165) is 11.3 Å². The van der Waals surface area contributed by atoms with Crippen LogP contribution in [0.4, 0.5) is 5.69 Å². The molecule has 0 aliphatic carbocycles. The Labute approximate surface area is 184 Å². The summed E-state index contributed by atoms with van der Waals surface area (Å²) in [5.74, 6) is 0.793. The van der Waals surface area contributed by atoms with Crippen molar-refractivity contribution in [3.05, 3.63) is 88.6 Å². The lowest BCUT2D eigenvalue weighted by molar-refractivity contribution is -0.116. The molecule has 7 heteroatoms. The number of amides is 1. The number of hydrogen-bond donors (Lipinski definition) is 0. The number of benzene rings is 2. The Bertz CT molecular complexity index is 1260. The highest BCUT2D eigenvalue weighted by molar-refractivity contribution is 7.99. The molecule has 158 valence electrons. The molecule has 2 aromatic heterocycles. The van der Waals surface area contributed by atoms with Gasteiger partial charge in [-0.25, -0.2) is 4.98 Å². The van der Waals surface area contributed by atoms with E-state index in [-0.39, 0.29) is 23.8 Å². The lowest BCUT2D eigenvalue weighted by atomic mass is 10.2. The first-order valence-corrected chi connectivity index (χ1v) is 11.1. The highest BCUT2D eigenvalue weighted by Crippen LogP contribution is 2.23. The number of carbonyl (C=O) groups is 1. The maximum Gasteiger partial charge on any atom is 0.262 e. The van der Waals surface area contributed by atoms with Gasteiger partial charge in [0.25, 0.3) is 5.56 Å². The van der Waals surface area contributed by atoms with Crippen molar-refractivity contribution in [2.24, 2.45) is 0 Å². The van der Waals surface area contributed by atoms with E-state index < -0.39 is 0 Å². The van der Waals surface area contributed by atoms with Gasteiger partial charge in [-0.2, -0.15) is 0 Å². The van der Waals surface area contributed by atoms with E-state index >= 15 is 0 Å². The molecule has 0 radical (unpaired) electrons. The van der Waals surface area contributed by atoms with Crippen molar-refractivity contribution in [1.29, 1.82) is 0 Å². The zero-order chi connectivity index (χ0) is 21.8. The Morgan fingerprint density at radius 3 is 2.61 bits per heavy atom. The molecule has 0 bridgehead atoms. The Kier molecular flexibility index (Phi) is 6.23. The zero-order valence-electron chi connectivity index (χ0n) is 17.4. The maximum absolute atomic E-state index is 13.1. The molecule has 0 saturated carbocycles. The van der Waals surface area contributed by atoms with Crippen molar-refractivity contribution >= 4 is 34.3 Å². The van der Waals surface area contributed by atoms with Gasteiger partial charge in [-0.15, -0.1) is 0 Å². The van der Waals surface area contributed by atoms with Crippen LogP contribution in [0.25, 0.3) is 10.9 Å². The average Bonchev–Trinajstić information content (AvgIpc) is 3.29. The summed E-state index contributed by atoms with van der Waals surface area (Å²) in [6.45, 7) is 4.77. The van der Waals surface area contributed by atoms with Gasteiger partial charge in [0.1, 0.15) is 5.76 Å². The topological polar surface area (TPSA) is 68.3 Å². The minimum atomic E-state index is -0.150. The summed E-state index contributed by atoms with van der Waals surface area (Å²) in [5, 5.41) is 1.04. The number of anilines is 1. The quantitative estimate of drug-likeness (QED) is 0.317. The second-order valence-corrected chi connectivity index (χ2v) is 8.04.